The minimum absolute atomic E-state index is 0.0745. The first-order chi connectivity index (χ1) is 21.4. The minimum atomic E-state index is -0.550. The normalized spacial score (nSPS) is 17.7. The van der Waals surface area contributed by atoms with Gasteiger partial charge in [-0.25, -0.2) is 0 Å². The Kier molecular flexibility index (Phi) is 10.1. The van der Waals surface area contributed by atoms with Crippen LogP contribution < -0.4 is 10.1 Å². The first-order valence-corrected chi connectivity index (χ1v) is 16.1. The van der Waals surface area contributed by atoms with Gasteiger partial charge in [0.1, 0.15) is 11.4 Å². The standard InChI is InChI=1S/C37H40Cl2N2O4/c1-23(24-6-8-25(9-7-24)36(43)40-15-14-35(42)45-37(2,3)4)41-22-30(29-17-31(38)21-32(39)18-29)20-34(41)28-11-10-27-19-33(44-5)13-12-26(27)16-28/h6-13,16-19,21,23,30,34H,14-15,20,22H2,1-5H3,(H,40,43). The predicted octanol–water partition coefficient (Wildman–Crippen LogP) is 8.91. The third kappa shape index (κ3) is 8.18. The van der Waals surface area contributed by atoms with Crippen LogP contribution in [0, 0.1) is 0 Å². The SMILES string of the molecule is COc1ccc2cc(C3CC(c4cc(Cl)cc(Cl)c4)CN3C(C)c3ccc(C(=O)NCCC(=O)OC(C)(C)C)cc3)ccc2c1. The molecule has 8 heteroatoms. The summed E-state index contributed by atoms with van der Waals surface area (Å²) in [5.74, 6) is 0.527. The summed E-state index contributed by atoms with van der Waals surface area (Å²) in [6, 6.07) is 26.6. The van der Waals surface area contributed by atoms with Gasteiger partial charge in [0.05, 0.1) is 13.5 Å². The molecule has 1 amide bonds. The van der Waals surface area contributed by atoms with Gasteiger partial charge in [-0.05, 0) is 116 Å². The zero-order chi connectivity index (χ0) is 32.3. The number of fused-ring (bicyclic) bond motifs is 1. The number of benzene rings is 4. The highest BCUT2D eigenvalue weighted by molar-refractivity contribution is 6.34. The lowest BCUT2D eigenvalue weighted by molar-refractivity contribution is -0.154. The van der Waals surface area contributed by atoms with E-state index in [1.165, 1.54) is 5.56 Å². The van der Waals surface area contributed by atoms with E-state index in [0.717, 1.165) is 40.6 Å². The number of likely N-dealkylation sites (tertiary alicyclic amines) is 1. The number of carbonyl (C=O) groups excluding carboxylic acids is 2. The number of hydrogen-bond donors (Lipinski definition) is 1. The van der Waals surface area contributed by atoms with Crippen molar-refractivity contribution >= 4 is 45.9 Å². The number of rotatable bonds is 9. The van der Waals surface area contributed by atoms with Crippen LogP contribution in [-0.4, -0.2) is 42.6 Å². The van der Waals surface area contributed by atoms with Crippen LogP contribution in [0.25, 0.3) is 10.8 Å². The summed E-state index contributed by atoms with van der Waals surface area (Å²) >= 11 is 12.8. The molecule has 1 saturated heterocycles. The molecule has 1 aliphatic heterocycles. The Balaban J connectivity index is 1.35. The van der Waals surface area contributed by atoms with Crippen LogP contribution in [0.4, 0.5) is 0 Å². The number of nitrogens with zero attached hydrogens (tertiary/aromatic N) is 1. The average molecular weight is 648 g/mol. The van der Waals surface area contributed by atoms with Crippen molar-refractivity contribution in [2.24, 2.45) is 0 Å². The Labute approximate surface area is 275 Å². The van der Waals surface area contributed by atoms with Crippen molar-refractivity contribution in [3.63, 3.8) is 0 Å². The van der Waals surface area contributed by atoms with Crippen LogP contribution in [0.2, 0.25) is 10.0 Å². The fourth-order valence-corrected chi connectivity index (χ4v) is 6.67. The number of ether oxygens (including phenoxy) is 2. The highest BCUT2D eigenvalue weighted by atomic mass is 35.5. The van der Waals surface area contributed by atoms with E-state index in [1.54, 1.807) is 13.2 Å². The molecule has 0 saturated carbocycles. The largest absolute Gasteiger partial charge is 0.497 e. The van der Waals surface area contributed by atoms with E-state index in [2.05, 4.69) is 47.5 Å². The summed E-state index contributed by atoms with van der Waals surface area (Å²) in [7, 11) is 1.68. The maximum Gasteiger partial charge on any atom is 0.308 e. The van der Waals surface area contributed by atoms with Gasteiger partial charge in [-0.15, -0.1) is 0 Å². The van der Waals surface area contributed by atoms with E-state index < -0.39 is 5.60 Å². The van der Waals surface area contributed by atoms with Gasteiger partial charge in [-0.3, -0.25) is 14.5 Å². The maximum atomic E-state index is 12.8. The Bertz CT molecular complexity index is 1660. The third-order valence-electron chi connectivity index (χ3n) is 8.34. The van der Waals surface area contributed by atoms with Gasteiger partial charge in [0.2, 0.25) is 0 Å². The minimum Gasteiger partial charge on any atom is -0.497 e. The molecule has 0 radical (unpaired) electrons. The third-order valence-corrected chi connectivity index (χ3v) is 8.78. The van der Waals surface area contributed by atoms with Crippen LogP contribution in [-0.2, 0) is 9.53 Å². The van der Waals surface area contributed by atoms with Gasteiger partial charge in [-0.2, -0.15) is 0 Å². The molecule has 236 valence electrons. The Morgan fingerprint density at radius 1 is 0.911 bits per heavy atom. The van der Waals surface area contributed by atoms with Crippen LogP contribution in [0.15, 0.2) is 78.9 Å². The van der Waals surface area contributed by atoms with Crippen molar-refractivity contribution < 1.29 is 19.1 Å². The molecule has 3 atom stereocenters. The summed E-state index contributed by atoms with van der Waals surface area (Å²) in [4.78, 5) is 27.3. The molecule has 45 heavy (non-hydrogen) atoms. The summed E-state index contributed by atoms with van der Waals surface area (Å²) in [5.41, 5.74) is 3.49. The Hall–Kier alpha value is -3.58. The molecule has 1 aliphatic rings. The molecule has 4 aromatic carbocycles. The lowest BCUT2D eigenvalue weighted by Gasteiger charge is -2.31. The van der Waals surface area contributed by atoms with Crippen molar-refractivity contribution in [3.05, 3.63) is 111 Å². The monoisotopic (exact) mass is 646 g/mol. The second-order valence-electron chi connectivity index (χ2n) is 12.7. The van der Waals surface area contributed by atoms with Gasteiger partial charge >= 0.3 is 5.97 Å². The summed E-state index contributed by atoms with van der Waals surface area (Å²) in [5, 5.41) is 6.40. The first-order valence-electron chi connectivity index (χ1n) is 15.3. The van der Waals surface area contributed by atoms with Crippen LogP contribution in [0.3, 0.4) is 0 Å². The number of methoxy groups -OCH3 is 1. The van der Waals surface area contributed by atoms with Gasteiger partial charge in [0, 0.05) is 40.8 Å². The molecule has 0 bridgehead atoms. The molecule has 0 aliphatic carbocycles. The molecule has 0 spiro atoms. The molecule has 3 unspecified atom stereocenters. The van der Waals surface area contributed by atoms with Gasteiger partial charge in [0.15, 0.2) is 0 Å². The molecule has 4 aromatic rings. The highest BCUT2D eigenvalue weighted by Crippen LogP contribution is 2.46. The summed E-state index contributed by atoms with van der Waals surface area (Å²) in [6.07, 6.45) is 1.04. The van der Waals surface area contributed by atoms with Gasteiger partial charge in [-0.1, -0.05) is 53.5 Å². The fraction of sp³-hybridized carbons (Fsp3) is 0.351. The van der Waals surface area contributed by atoms with Crippen molar-refractivity contribution in [2.45, 2.75) is 64.1 Å². The number of amides is 1. The van der Waals surface area contributed by atoms with Crippen molar-refractivity contribution in [1.29, 1.82) is 0 Å². The lowest BCUT2D eigenvalue weighted by atomic mass is 9.93. The summed E-state index contributed by atoms with van der Waals surface area (Å²) < 4.78 is 10.7. The van der Waals surface area contributed by atoms with Gasteiger partial charge in [0.25, 0.3) is 5.91 Å². The topological polar surface area (TPSA) is 67.9 Å². The van der Waals surface area contributed by atoms with E-state index in [9.17, 15) is 9.59 Å². The second kappa shape index (κ2) is 13.8. The molecular formula is C37H40Cl2N2O4. The molecule has 0 aromatic heterocycles. The second-order valence-corrected chi connectivity index (χ2v) is 13.6. The molecule has 1 N–H and O–H groups in total. The number of esters is 1. The van der Waals surface area contributed by atoms with Crippen LogP contribution in [0.5, 0.6) is 5.75 Å². The van der Waals surface area contributed by atoms with Crippen molar-refractivity contribution in [3.8, 4) is 5.75 Å². The van der Waals surface area contributed by atoms with Gasteiger partial charge < -0.3 is 14.8 Å². The predicted molar refractivity (Wildman–Crippen MR) is 181 cm³/mol. The highest BCUT2D eigenvalue weighted by Gasteiger charge is 2.37. The molecular weight excluding hydrogens is 607 g/mol. The van der Waals surface area contributed by atoms with Crippen LogP contribution >= 0.6 is 23.2 Å². The maximum absolute atomic E-state index is 12.8. The lowest BCUT2D eigenvalue weighted by Crippen LogP contribution is -2.29. The molecule has 6 nitrogen and oxygen atoms in total. The molecule has 1 heterocycles. The first kappa shape index (κ1) is 32.8. The van der Waals surface area contributed by atoms with Crippen molar-refractivity contribution in [1.82, 2.24) is 10.2 Å². The number of halogens is 2. The van der Waals surface area contributed by atoms with Crippen LogP contribution in [0.1, 0.15) is 85.6 Å². The zero-order valence-corrected chi connectivity index (χ0v) is 27.9. The van der Waals surface area contributed by atoms with E-state index in [1.807, 2.05) is 63.2 Å². The summed E-state index contributed by atoms with van der Waals surface area (Å²) in [6.45, 7) is 8.72. The molecule has 5 rings (SSSR count). The average Bonchev–Trinajstić information content (AvgIpc) is 3.44. The van der Waals surface area contributed by atoms with E-state index in [4.69, 9.17) is 32.7 Å². The smallest absolute Gasteiger partial charge is 0.308 e. The van der Waals surface area contributed by atoms with E-state index in [-0.39, 0.29) is 42.8 Å². The number of hydrogen-bond acceptors (Lipinski definition) is 5. The van der Waals surface area contributed by atoms with Crippen molar-refractivity contribution in [2.75, 3.05) is 20.2 Å². The number of carbonyl (C=O) groups is 2. The molecule has 1 fully saturated rings. The zero-order valence-electron chi connectivity index (χ0n) is 26.4. The number of nitrogens with one attached hydrogen (secondary N) is 1. The van der Waals surface area contributed by atoms with E-state index >= 15 is 0 Å². The van der Waals surface area contributed by atoms with E-state index in [0.29, 0.717) is 15.6 Å². The fourth-order valence-electron chi connectivity index (χ4n) is 6.12. The Morgan fingerprint density at radius 2 is 1.58 bits per heavy atom. The Morgan fingerprint density at radius 3 is 2.24 bits per heavy atom. The quantitative estimate of drug-likeness (QED) is 0.184.